The Morgan fingerprint density at radius 1 is 0.694 bits per heavy atom. The van der Waals surface area contributed by atoms with Gasteiger partial charge < -0.3 is 67.9 Å². The fourth-order valence-corrected chi connectivity index (χ4v) is 3.67. The Bertz CT molecular complexity index is 1330. The predicted molar refractivity (Wildman–Crippen MR) is 148 cm³/mol. The number of hydrogen-bond donors (Lipinski definition) is 12. The number of nitrogen functional groups attached to an aromatic ring is 11. The molecule has 3 aromatic carbocycles. The first-order valence-electron chi connectivity index (χ1n) is 9.99. The first-order valence-corrected chi connectivity index (χ1v) is 9.99. The normalized spacial score (nSPS) is 10.5. The van der Waals surface area contributed by atoms with Gasteiger partial charge in [-0.1, -0.05) is 23.8 Å². The number of nitrogens with zero attached hydrogens (tertiary/aromatic N) is 1. The third-order valence-corrected chi connectivity index (χ3v) is 5.76. The zero-order chi connectivity index (χ0) is 26.5. The van der Waals surface area contributed by atoms with Crippen LogP contribution in [0, 0.1) is 13.0 Å². The van der Waals surface area contributed by atoms with Crippen molar-refractivity contribution in [1.82, 2.24) is 0 Å². The maximum Gasteiger partial charge on any atom is 0.207 e. The van der Waals surface area contributed by atoms with E-state index in [1.54, 1.807) is 6.92 Å². The molecule has 0 bridgehead atoms. The van der Waals surface area contributed by atoms with Crippen molar-refractivity contribution in [2.75, 3.05) is 68.2 Å². The van der Waals surface area contributed by atoms with Gasteiger partial charge in [-0.3, -0.25) is 0 Å². The molecule has 3 rings (SSSR count). The fraction of sp³-hybridized carbons (Fsp3) is 0.0476. The van der Waals surface area contributed by atoms with Crippen molar-refractivity contribution in [3.8, 4) is 16.9 Å². The van der Waals surface area contributed by atoms with Gasteiger partial charge in [0.2, 0.25) is 5.75 Å². The molecule has 0 saturated heterocycles. The van der Waals surface area contributed by atoms with E-state index in [2.05, 4.69) is 12.6 Å². The number of nitrogens with two attached hydrogens (primary N) is 12. The molecule has 0 aliphatic rings. The number of anilines is 12. The minimum absolute atomic E-state index is 0. The molecule has 0 spiro atoms. The van der Waals surface area contributed by atoms with Crippen LogP contribution in [0.5, 0.6) is 5.75 Å². The van der Waals surface area contributed by atoms with Crippen molar-refractivity contribution in [3.63, 3.8) is 0 Å². The van der Waals surface area contributed by atoms with E-state index in [9.17, 15) is 0 Å². The molecule has 0 fully saturated rings. The zero-order valence-electron chi connectivity index (χ0n) is 19.8. The third-order valence-electron chi connectivity index (χ3n) is 5.76. The quantitative estimate of drug-likeness (QED) is 0.0668. The summed E-state index contributed by atoms with van der Waals surface area (Å²) in [5.41, 5.74) is 69.2. The molecule has 14 nitrogen and oxygen atoms in total. The maximum absolute atomic E-state index is 6.44. The van der Waals surface area contributed by atoms with Gasteiger partial charge in [0, 0.05) is 36.4 Å². The van der Waals surface area contributed by atoms with Gasteiger partial charge in [-0.2, -0.15) is 5.17 Å². The minimum Gasteiger partial charge on any atom is -0.435 e. The molecular formula is C21H30N13OZn-. The van der Waals surface area contributed by atoms with Crippen molar-refractivity contribution in [3.05, 3.63) is 23.8 Å². The number of hydrogen-bond acceptors (Lipinski definition) is 14. The van der Waals surface area contributed by atoms with Crippen molar-refractivity contribution in [2.45, 2.75) is 6.92 Å². The molecule has 0 aliphatic carbocycles. The van der Waals surface area contributed by atoms with E-state index < -0.39 is 0 Å². The van der Waals surface area contributed by atoms with Gasteiger partial charge in [-0.15, -0.1) is 11.6 Å². The Labute approximate surface area is 220 Å². The van der Waals surface area contributed by atoms with Crippen LogP contribution in [0.1, 0.15) is 11.1 Å². The van der Waals surface area contributed by atoms with Crippen LogP contribution in [0.3, 0.4) is 0 Å². The van der Waals surface area contributed by atoms with Crippen LogP contribution in [-0.2, 0) is 19.5 Å². The molecule has 3 aromatic rings. The van der Waals surface area contributed by atoms with Crippen LogP contribution in [0.25, 0.3) is 17.2 Å². The molecule has 0 radical (unpaired) electrons. The van der Waals surface area contributed by atoms with E-state index in [0.29, 0.717) is 16.7 Å². The summed E-state index contributed by atoms with van der Waals surface area (Å²) >= 11 is 0. The van der Waals surface area contributed by atoms with Crippen LogP contribution in [0.4, 0.5) is 68.2 Å². The summed E-state index contributed by atoms with van der Waals surface area (Å²) in [5.74, 6) is 6.05. The Hall–Kier alpha value is -4.62. The average Bonchev–Trinajstić information content (AvgIpc) is 2.81. The van der Waals surface area contributed by atoms with Gasteiger partial charge in [0.05, 0.1) is 34.1 Å². The smallest absolute Gasteiger partial charge is 0.207 e. The van der Waals surface area contributed by atoms with Gasteiger partial charge in [0.1, 0.15) is 11.4 Å². The van der Waals surface area contributed by atoms with E-state index >= 15 is 0 Å². The summed E-state index contributed by atoms with van der Waals surface area (Å²) in [5, 5.41) is 0.725. The molecule has 0 aliphatic heterocycles. The molecular weight excluding hydrogens is 516 g/mol. The molecule has 188 valence electrons. The zero-order valence-corrected chi connectivity index (χ0v) is 22.7. The summed E-state index contributed by atoms with van der Waals surface area (Å²) in [6.07, 6.45) is 1.41. The maximum atomic E-state index is 6.44. The summed E-state index contributed by atoms with van der Waals surface area (Å²) in [6.45, 7) is 5.32. The molecule has 24 N–H and O–H groups in total. The molecule has 0 heterocycles. The van der Waals surface area contributed by atoms with Gasteiger partial charge in [0.15, 0.2) is 0 Å². The molecule has 0 saturated carbocycles. The number of rotatable bonds is 5. The Morgan fingerprint density at radius 2 is 1.19 bits per heavy atom. The van der Waals surface area contributed by atoms with Crippen LogP contribution < -0.4 is 78.9 Å². The van der Waals surface area contributed by atoms with Gasteiger partial charge in [-0.05, 0) is 18.3 Å². The van der Waals surface area contributed by atoms with Gasteiger partial charge >= 0.3 is 0 Å². The standard InChI is InChI=1S/C21H30N13O.Zn/c1-3-6-11(24)18(31)21(19(32)12(6)25)35-34(33)20-13(26)7(4-8(22)14(20)27)9-5(2)10(23)16(29)17(30)15(9)28;/h3H,1,22-33H2,2H3;/q-1;. The summed E-state index contributed by atoms with van der Waals surface area (Å²) in [7, 11) is 0. The average molecular weight is 546 g/mol. The Morgan fingerprint density at radius 3 is 1.69 bits per heavy atom. The van der Waals surface area contributed by atoms with Crippen molar-refractivity contribution in [1.29, 1.82) is 0 Å². The van der Waals surface area contributed by atoms with E-state index in [1.165, 1.54) is 6.08 Å². The molecule has 0 aromatic heterocycles. The third kappa shape index (κ3) is 3.95. The van der Waals surface area contributed by atoms with E-state index in [1.807, 2.05) is 0 Å². The van der Waals surface area contributed by atoms with Gasteiger partial charge in [0.25, 0.3) is 0 Å². The number of benzene rings is 3. The Kier molecular flexibility index (Phi) is 7.34. The van der Waals surface area contributed by atoms with E-state index in [4.69, 9.17) is 73.8 Å². The van der Waals surface area contributed by atoms with Crippen molar-refractivity contribution in [2.24, 2.45) is 5.84 Å². The van der Waals surface area contributed by atoms with E-state index in [-0.39, 0.29) is 99.0 Å². The fourth-order valence-electron chi connectivity index (χ4n) is 3.67. The molecule has 0 unspecified atom stereocenters. The van der Waals surface area contributed by atoms with Crippen LogP contribution in [-0.4, -0.2) is 0 Å². The molecule has 15 heteroatoms. The molecule has 0 atom stereocenters. The monoisotopic (exact) mass is 544 g/mol. The second kappa shape index (κ2) is 9.56. The second-order valence-corrected chi connectivity index (χ2v) is 7.76. The summed E-state index contributed by atoms with van der Waals surface area (Å²) < 4.78 is 0. The second-order valence-electron chi connectivity index (χ2n) is 7.76. The van der Waals surface area contributed by atoms with Crippen LogP contribution >= 0.6 is 0 Å². The molecule has 36 heavy (non-hydrogen) atoms. The Balaban J connectivity index is 0.00000456. The first kappa shape index (κ1) is 27.6. The number of hydrazine groups is 1. The summed E-state index contributed by atoms with van der Waals surface area (Å²) in [6, 6.07) is 2.89. The van der Waals surface area contributed by atoms with Gasteiger partial charge in [-0.25, -0.2) is 5.84 Å². The van der Waals surface area contributed by atoms with E-state index in [0.717, 1.165) is 5.17 Å². The van der Waals surface area contributed by atoms with Crippen molar-refractivity contribution < 1.29 is 24.3 Å². The summed E-state index contributed by atoms with van der Waals surface area (Å²) in [4.78, 5) is 5.69. The first-order chi connectivity index (χ1) is 16.3. The molecule has 0 amide bonds. The van der Waals surface area contributed by atoms with Crippen LogP contribution in [0.2, 0.25) is 0 Å². The SMILES string of the molecule is C=Cc1c(N)c(N)c(ON(N)c2c(N)c(N)[c-]c(-c3c(C)c(N)c(N)c(N)c3N)c2N)c(N)c1N.[Zn]. The largest absolute Gasteiger partial charge is 0.435 e. The topological polar surface area (TPSA) is 325 Å². The minimum atomic E-state index is -0.128. The van der Waals surface area contributed by atoms with Crippen LogP contribution in [0.15, 0.2) is 6.58 Å². The predicted octanol–water partition coefficient (Wildman–Crippen LogP) is 0.181. The van der Waals surface area contributed by atoms with Crippen molar-refractivity contribution >= 4 is 74.3 Å².